The zero-order chi connectivity index (χ0) is 23.7. The minimum Gasteiger partial charge on any atom is -0.493 e. The van der Waals surface area contributed by atoms with Gasteiger partial charge in [-0.1, -0.05) is 0 Å². The van der Waals surface area contributed by atoms with E-state index in [2.05, 4.69) is 20.9 Å². The third-order valence-corrected chi connectivity index (χ3v) is 6.20. The van der Waals surface area contributed by atoms with Crippen LogP contribution in [0, 0.1) is 0 Å². The van der Waals surface area contributed by atoms with E-state index < -0.39 is 0 Å². The van der Waals surface area contributed by atoms with Crippen molar-refractivity contribution in [2.45, 2.75) is 18.9 Å². The standard InChI is InChI=1S/C26H28N4O4/c1-31-22-11-17(12-23(32-2)26(22)33-3)21-14-20-25(34-21)19(7-9-28-20)16-6-8-29-24(13-16)30-10-4-5-18(27)15-30/h6-9,11-14,18H,4-5,10,15,27H2,1-3H3. The average Bonchev–Trinajstić information content (AvgIpc) is 3.32. The molecule has 1 fully saturated rings. The molecule has 1 aliphatic rings. The first-order chi connectivity index (χ1) is 16.6. The summed E-state index contributed by atoms with van der Waals surface area (Å²) < 4.78 is 22.8. The number of rotatable bonds is 6. The largest absolute Gasteiger partial charge is 0.493 e. The van der Waals surface area contributed by atoms with E-state index in [1.54, 1.807) is 27.5 Å². The van der Waals surface area contributed by atoms with Crippen LogP contribution in [0.25, 0.3) is 33.6 Å². The van der Waals surface area contributed by atoms with E-state index in [1.165, 1.54) is 0 Å². The Morgan fingerprint density at radius 1 is 0.941 bits per heavy atom. The van der Waals surface area contributed by atoms with Crippen LogP contribution in [0.3, 0.4) is 0 Å². The van der Waals surface area contributed by atoms with E-state index in [9.17, 15) is 0 Å². The molecular formula is C26H28N4O4. The number of fused-ring (bicyclic) bond motifs is 1. The van der Waals surface area contributed by atoms with Gasteiger partial charge in [0.1, 0.15) is 17.1 Å². The van der Waals surface area contributed by atoms with Gasteiger partial charge in [-0.15, -0.1) is 0 Å². The summed E-state index contributed by atoms with van der Waals surface area (Å²) in [5.74, 6) is 3.23. The van der Waals surface area contributed by atoms with Gasteiger partial charge >= 0.3 is 0 Å². The van der Waals surface area contributed by atoms with E-state index in [1.807, 2.05) is 36.5 Å². The maximum absolute atomic E-state index is 6.35. The molecule has 5 rings (SSSR count). The van der Waals surface area contributed by atoms with Gasteiger partial charge in [-0.3, -0.25) is 4.98 Å². The summed E-state index contributed by atoms with van der Waals surface area (Å²) in [5, 5.41) is 0. The van der Waals surface area contributed by atoms with Crippen LogP contribution >= 0.6 is 0 Å². The number of furan rings is 1. The lowest BCUT2D eigenvalue weighted by Crippen LogP contribution is -2.43. The normalized spacial score (nSPS) is 16.0. The Morgan fingerprint density at radius 3 is 2.41 bits per heavy atom. The number of nitrogens with two attached hydrogens (primary N) is 1. The SMILES string of the molecule is COc1cc(-c2cc3nccc(-c4ccnc(N5CCCC(N)C5)c4)c3o2)cc(OC)c1OC. The summed E-state index contributed by atoms with van der Waals surface area (Å²) in [6, 6.07) is 11.9. The molecule has 1 atom stereocenters. The van der Waals surface area contributed by atoms with Crippen molar-refractivity contribution in [2.75, 3.05) is 39.3 Å². The minimum absolute atomic E-state index is 0.179. The van der Waals surface area contributed by atoms with Gasteiger partial charge in [0, 0.05) is 48.7 Å². The van der Waals surface area contributed by atoms with Gasteiger partial charge in [0.05, 0.1) is 21.3 Å². The van der Waals surface area contributed by atoms with Crippen LogP contribution in [-0.4, -0.2) is 50.4 Å². The Hall–Kier alpha value is -3.78. The highest BCUT2D eigenvalue weighted by atomic mass is 16.5. The van der Waals surface area contributed by atoms with Crippen LogP contribution < -0.4 is 24.8 Å². The average molecular weight is 461 g/mol. The molecule has 1 saturated heterocycles. The van der Waals surface area contributed by atoms with Gasteiger partial charge in [0.25, 0.3) is 0 Å². The number of hydrogen-bond donors (Lipinski definition) is 1. The molecule has 1 aromatic carbocycles. The van der Waals surface area contributed by atoms with Crippen molar-refractivity contribution in [3.63, 3.8) is 0 Å². The second-order valence-electron chi connectivity index (χ2n) is 8.35. The van der Waals surface area contributed by atoms with Gasteiger partial charge in [0.15, 0.2) is 17.1 Å². The summed E-state index contributed by atoms with van der Waals surface area (Å²) >= 11 is 0. The maximum Gasteiger partial charge on any atom is 0.203 e. The van der Waals surface area contributed by atoms with Crippen molar-refractivity contribution in [3.8, 4) is 39.7 Å². The predicted octanol–water partition coefficient (Wildman–Crippen LogP) is 4.51. The molecule has 2 N–H and O–H groups in total. The molecule has 4 aromatic rings. The summed E-state index contributed by atoms with van der Waals surface area (Å²) in [6.45, 7) is 1.77. The molecular weight excluding hydrogens is 432 g/mol. The first-order valence-corrected chi connectivity index (χ1v) is 11.3. The van der Waals surface area contributed by atoms with Crippen LogP contribution in [0.2, 0.25) is 0 Å². The fraction of sp³-hybridized carbons (Fsp3) is 0.308. The molecule has 34 heavy (non-hydrogen) atoms. The highest BCUT2D eigenvalue weighted by molar-refractivity contribution is 5.93. The third-order valence-electron chi connectivity index (χ3n) is 6.20. The molecule has 0 amide bonds. The van der Waals surface area contributed by atoms with Crippen LogP contribution in [0.15, 0.2) is 53.2 Å². The van der Waals surface area contributed by atoms with E-state index in [0.29, 0.717) is 28.6 Å². The van der Waals surface area contributed by atoms with E-state index >= 15 is 0 Å². The molecule has 8 heteroatoms. The number of pyridine rings is 2. The predicted molar refractivity (Wildman–Crippen MR) is 132 cm³/mol. The third kappa shape index (κ3) is 4.01. The van der Waals surface area contributed by atoms with E-state index in [0.717, 1.165) is 54.0 Å². The maximum atomic E-state index is 6.35. The number of benzene rings is 1. The minimum atomic E-state index is 0.179. The number of anilines is 1. The fourth-order valence-corrected chi connectivity index (χ4v) is 4.51. The summed E-state index contributed by atoms with van der Waals surface area (Å²) in [4.78, 5) is 11.4. The Labute approximate surface area is 198 Å². The number of nitrogens with zero attached hydrogens (tertiary/aromatic N) is 3. The van der Waals surface area contributed by atoms with E-state index in [-0.39, 0.29) is 6.04 Å². The first-order valence-electron chi connectivity index (χ1n) is 11.3. The van der Waals surface area contributed by atoms with Gasteiger partial charge in [0.2, 0.25) is 5.75 Å². The number of hydrogen-bond acceptors (Lipinski definition) is 8. The Bertz CT molecular complexity index is 1290. The molecule has 0 aliphatic carbocycles. The van der Waals surface area contributed by atoms with Crippen LogP contribution in [-0.2, 0) is 0 Å². The molecule has 0 saturated carbocycles. The summed E-state index contributed by atoms with van der Waals surface area (Å²) in [7, 11) is 4.77. The zero-order valence-corrected chi connectivity index (χ0v) is 19.6. The van der Waals surface area contributed by atoms with Crippen molar-refractivity contribution < 1.29 is 18.6 Å². The van der Waals surface area contributed by atoms with Gasteiger partial charge in [-0.2, -0.15) is 0 Å². The quantitative estimate of drug-likeness (QED) is 0.449. The van der Waals surface area contributed by atoms with Gasteiger partial charge < -0.3 is 29.3 Å². The van der Waals surface area contributed by atoms with Crippen molar-refractivity contribution in [1.29, 1.82) is 0 Å². The molecule has 4 heterocycles. The van der Waals surface area contributed by atoms with Crippen LogP contribution in [0.1, 0.15) is 12.8 Å². The number of methoxy groups -OCH3 is 3. The molecule has 0 radical (unpaired) electrons. The highest BCUT2D eigenvalue weighted by Crippen LogP contribution is 2.43. The Morgan fingerprint density at radius 2 is 1.71 bits per heavy atom. The second-order valence-corrected chi connectivity index (χ2v) is 8.35. The lowest BCUT2D eigenvalue weighted by Gasteiger charge is -2.31. The molecule has 1 unspecified atom stereocenters. The fourth-order valence-electron chi connectivity index (χ4n) is 4.51. The topological polar surface area (TPSA) is 95.9 Å². The smallest absolute Gasteiger partial charge is 0.203 e. The number of ether oxygens (including phenoxy) is 3. The molecule has 176 valence electrons. The number of piperidine rings is 1. The van der Waals surface area contributed by atoms with Crippen molar-refractivity contribution >= 4 is 16.9 Å². The van der Waals surface area contributed by atoms with Crippen molar-refractivity contribution in [1.82, 2.24) is 9.97 Å². The Balaban J connectivity index is 1.57. The van der Waals surface area contributed by atoms with E-state index in [4.69, 9.17) is 24.4 Å². The lowest BCUT2D eigenvalue weighted by molar-refractivity contribution is 0.324. The molecule has 3 aromatic heterocycles. The zero-order valence-electron chi connectivity index (χ0n) is 19.6. The molecule has 0 bridgehead atoms. The first kappa shape index (κ1) is 22.0. The van der Waals surface area contributed by atoms with Gasteiger partial charge in [-0.25, -0.2) is 4.98 Å². The molecule has 8 nitrogen and oxygen atoms in total. The lowest BCUT2D eigenvalue weighted by atomic mass is 10.0. The van der Waals surface area contributed by atoms with Crippen molar-refractivity contribution in [3.05, 3.63) is 48.8 Å². The van der Waals surface area contributed by atoms with Crippen LogP contribution in [0.4, 0.5) is 5.82 Å². The molecule has 1 aliphatic heterocycles. The summed E-state index contributed by atoms with van der Waals surface area (Å²) in [5.41, 5.74) is 10.4. The monoisotopic (exact) mass is 460 g/mol. The number of aromatic nitrogens is 2. The summed E-state index contributed by atoms with van der Waals surface area (Å²) in [6.07, 6.45) is 5.75. The van der Waals surface area contributed by atoms with Gasteiger partial charge in [-0.05, 0) is 48.7 Å². The van der Waals surface area contributed by atoms with Crippen molar-refractivity contribution in [2.24, 2.45) is 5.73 Å². The highest BCUT2D eigenvalue weighted by Gasteiger charge is 2.20. The molecule has 0 spiro atoms. The van der Waals surface area contributed by atoms with Crippen LogP contribution in [0.5, 0.6) is 17.2 Å². The Kier molecular flexibility index (Phi) is 5.98. The second kappa shape index (κ2) is 9.23.